The number of carbonyl (C=O) groups excluding carboxylic acids is 1. The van der Waals surface area contributed by atoms with Gasteiger partial charge in [-0.1, -0.05) is 0 Å². The standard InChI is InChI=1S/C15H16O6/c1-3-18-10-5-6-11-12(20-9-15(17)19-4-2)8-14(16)21-13(11)7-10/h5-8H,3-4,9H2,1-2H3. The Bertz CT molecular complexity index is 688. The van der Waals surface area contributed by atoms with Gasteiger partial charge in [0.1, 0.15) is 17.1 Å². The van der Waals surface area contributed by atoms with Crippen LogP contribution < -0.4 is 15.1 Å². The third-order valence-corrected chi connectivity index (χ3v) is 2.64. The Hall–Kier alpha value is -2.50. The van der Waals surface area contributed by atoms with E-state index >= 15 is 0 Å². The van der Waals surface area contributed by atoms with Crippen molar-refractivity contribution in [2.75, 3.05) is 19.8 Å². The minimum absolute atomic E-state index is 0.264. The van der Waals surface area contributed by atoms with E-state index in [0.29, 0.717) is 23.3 Å². The minimum Gasteiger partial charge on any atom is -0.494 e. The van der Waals surface area contributed by atoms with Crippen molar-refractivity contribution in [1.82, 2.24) is 0 Å². The lowest BCUT2D eigenvalue weighted by Crippen LogP contribution is -2.15. The number of benzene rings is 1. The Morgan fingerprint density at radius 1 is 1.14 bits per heavy atom. The van der Waals surface area contributed by atoms with Crippen LogP contribution in [0.2, 0.25) is 0 Å². The highest BCUT2D eigenvalue weighted by molar-refractivity contribution is 5.84. The molecule has 2 rings (SSSR count). The van der Waals surface area contributed by atoms with Gasteiger partial charge in [-0.2, -0.15) is 0 Å². The van der Waals surface area contributed by atoms with Crippen LogP contribution in [0.25, 0.3) is 11.0 Å². The van der Waals surface area contributed by atoms with E-state index in [9.17, 15) is 9.59 Å². The number of rotatable bonds is 6. The van der Waals surface area contributed by atoms with Gasteiger partial charge in [0, 0.05) is 6.07 Å². The van der Waals surface area contributed by atoms with Crippen molar-refractivity contribution >= 4 is 16.9 Å². The number of fused-ring (bicyclic) bond motifs is 1. The second-order valence-corrected chi connectivity index (χ2v) is 4.11. The van der Waals surface area contributed by atoms with Crippen molar-refractivity contribution in [1.29, 1.82) is 0 Å². The third-order valence-electron chi connectivity index (χ3n) is 2.64. The topological polar surface area (TPSA) is 75.0 Å². The van der Waals surface area contributed by atoms with E-state index < -0.39 is 11.6 Å². The first-order chi connectivity index (χ1) is 10.1. The van der Waals surface area contributed by atoms with Crippen molar-refractivity contribution < 1.29 is 23.4 Å². The lowest BCUT2D eigenvalue weighted by Gasteiger charge is -2.09. The molecule has 112 valence electrons. The molecular weight excluding hydrogens is 276 g/mol. The molecule has 0 radical (unpaired) electrons. The summed E-state index contributed by atoms with van der Waals surface area (Å²) in [6, 6.07) is 6.26. The normalized spacial score (nSPS) is 10.4. The van der Waals surface area contributed by atoms with Gasteiger partial charge < -0.3 is 18.6 Å². The highest BCUT2D eigenvalue weighted by atomic mass is 16.6. The zero-order valence-corrected chi connectivity index (χ0v) is 11.9. The Labute approximate surface area is 121 Å². The number of ether oxygens (including phenoxy) is 3. The molecule has 0 bridgehead atoms. The fraction of sp³-hybridized carbons (Fsp3) is 0.333. The van der Waals surface area contributed by atoms with Crippen LogP contribution in [0.15, 0.2) is 33.5 Å². The SMILES string of the molecule is CCOC(=O)COc1cc(=O)oc2cc(OCC)ccc12. The van der Waals surface area contributed by atoms with Gasteiger partial charge >= 0.3 is 11.6 Å². The molecule has 2 aromatic rings. The first-order valence-electron chi connectivity index (χ1n) is 6.63. The molecule has 0 saturated heterocycles. The summed E-state index contributed by atoms with van der Waals surface area (Å²) < 4.78 is 20.6. The fourth-order valence-electron chi connectivity index (χ4n) is 1.83. The Morgan fingerprint density at radius 2 is 1.95 bits per heavy atom. The second-order valence-electron chi connectivity index (χ2n) is 4.11. The molecule has 0 atom stereocenters. The smallest absolute Gasteiger partial charge is 0.344 e. The molecule has 6 heteroatoms. The highest BCUT2D eigenvalue weighted by Gasteiger charge is 2.10. The van der Waals surface area contributed by atoms with Gasteiger partial charge in [0.25, 0.3) is 0 Å². The molecule has 0 aliphatic heterocycles. The van der Waals surface area contributed by atoms with Crippen molar-refractivity contribution in [3.63, 3.8) is 0 Å². The van der Waals surface area contributed by atoms with E-state index in [0.717, 1.165) is 0 Å². The zero-order chi connectivity index (χ0) is 15.2. The van der Waals surface area contributed by atoms with Crippen molar-refractivity contribution in [2.45, 2.75) is 13.8 Å². The van der Waals surface area contributed by atoms with Crippen LogP contribution in [-0.4, -0.2) is 25.8 Å². The molecule has 0 unspecified atom stereocenters. The van der Waals surface area contributed by atoms with Crippen LogP contribution in [-0.2, 0) is 9.53 Å². The van der Waals surface area contributed by atoms with E-state index in [1.165, 1.54) is 6.07 Å². The van der Waals surface area contributed by atoms with E-state index in [4.69, 9.17) is 18.6 Å². The quantitative estimate of drug-likeness (QED) is 0.600. The van der Waals surface area contributed by atoms with Crippen LogP contribution in [0.3, 0.4) is 0 Å². The molecule has 0 fully saturated rings. The molecule has 0 saturated carbocycles. The van der Waals surface area contributed by atoms with Gasteiger partial charge in [0.05, 0.1) is 24.7 Å². The molecule has 0 aliphatic rings. The summed E-state index contributed by atoms with van der Waals surface area (Å²) in [5.41, 5.74) is -0.220. The van der Waals surface area contributed by atoms with Gasteiger partial charge in [0.15, 0.2) is 6.61 Å². The van der Waals surface area contributed by atoms with Crippen LogP contribution in [0.5, 0.6) is 11.5 Å². The molecule has 1 aromatic carbocycles. The van der Waals surface area contributed by atoms with E-state index in [1.54, 1.807) is 25.1 Å². The Morgan fingerprint density at radius 3 is 2.67 bits per heavy atom. The van der Waals surface area contributed by atoms with Crippen molar-refractivity contribution in [2.24, 2.45) is 0 Å². The molecule has 0 spiro atoms. The van der Waals surface area contributed by atoms with Crippen LogP contribution in [0.4, 0.5) is 0 Å². The summed E-state index contributed by atoms with van der Waals surface area (Å²) in [6.45, 7) is 4.09. The Balaban J connectivity index is 2.30. The maximum absolute atomic E-state index is 11.5. The molecule has 21 heavy (non-hydrogen) atoms. The van der Waals surface area contributed by atoms with Gasteiger partial charge in [-0.05, 0) is 26.0 Å². The summed E-state index contributed by atoms with van der Waals surface area (Å²) in [7, 11) is 0. The van der Waals surface area contributed by atoms with Crippen molar-refractivity contribution in [3.8, 4) is 11.5 Å². The Kier molecular flexibility index (Phi) is 4.81. The number of hydrogen-bond acceptors (Lipinski definition) is 6. The van der Waals surface area contributed by atoms with Crippen molar-refractivity contribution in [3.05, 3.63) is 34.7 Å². The molecule has 6 nitrogen and oxygen atoms in total. The third kappa shape index (κ3) is 3.75. The predicted octanol–water partition coefficient (Wildman–Crippen LogP) is 2.13. The average Bonchev–Trinajstić information content (AvgIpc) is 2.45. The highest BCUT2D eigenvalue weighted by Crippen LogP contribution is 2.27. The molecule has 0 N–H and O–H groups in total. The van der Waals surface area contributed by atoms with Gasteiger partial charge in [-0.15, -0.1) is 0 Å². The molecule has 0 amide bonds. The monoisotopic (exact) mass is 292 g/mol. The number of hydrogen-bond donors (Lipinski definition) is 0. The van der Waals surface area contributed by atoms with E-state index in [-0.39, 0.29) is 19.0 Å². The summed E-state index contributed by atoms with van der Waals surface area (Å²) in [6.07, 6.45) is 0. The summed E-state index contributed by atoms with van der Waals surface area (Å²) >= 11 is 0. The first kappa shape index (κ1) is 14.9. The van der Waals surface area contributed by atoms with E-state index in [1.807, 2.05) is 6.92 Å². The maximum Gasteiger partial charge on any atom is 0.344 e. The lowest BCUT2D eigenvalue weighted by atomic mass is 10.2. The lowest BCUT2D eigenvalue weighted by molar-refractivity contribution is -0.145. The van der Waals surface area contributed by atoms with Gasteiger partial charge in [0.2, 0.25) is 0 Å². The molecule has 1 heterocycles. The summed E-state index contributed by atoms with van der Waals surface area (Å²) in [5.74, 6) is 0.373. The number of esters is 1. The first-order valence-corrected chi connectivity index (χ1v) is 6.63. The minimum atomic E-state index is -0.560. The van der Waals surface area contributed by atoms with Crippen LogP contribution >= 0.6 is 0 Å². The van der Waals surface area contributed by atoms with Crippen LogP contribution in [0.1, 0.15) is 13.8 Å². The largest absolute Gasteiger partial charge is 0.494 e. The zero-order valence-electron chi connectivity index (χ0n) is 11.9. The second kappa shape index (κ2) is 6.78. The molecule has 1 aromatic heterocycles. The average molecular weight is 292 g/mol. The van der Waals surface area contributed by atoms with Crippen LogP contribution in [0, 0.1) is 0 Å². The van der Waals surface area contributed by atoms with Gasteiger partial charge in [-0.3, -0.25) is 0 Å². The molecular formula is C15H16O6. The fourth-order valence-corrected chi connectivity index (χ4v) is 1.83. The summed E-state index contributed by atoms with van der Waals surface area (Å²) in [4.78, 5) is 22.8. The maximum atomic E-state index is 11.5. The van der Waals surface area contributed by atoms with E-state index in [2.05, 4.69) is 0 Å². The predicted molar refractivity (Wildman–Crippen MR) is 75.8 cm³/mol. The van der Waals surface area contributed by atoms with Gasteiger partial charge in [-0.25, -0.2) is 9.59 Å². The summed E-state index contributed by atoms with van der Waals surface area (Å²) in [5, 5.41) is 0.586. The molecule has 0 aliphatic carbocycles. The number of carbonyl (C=O) groups is 1.